The van der Waals surface area contributed by atoms with Crippen molar-refractivity contribution < 1.29 is 22.7 Å². The molecular formula is C22H24Cl2N2O5S. The van der Waals surface area contributed by atoms with Gasteiger partial charge in [-0.15, -0.1) is 0 Å². The van der Waals surface area contributed by atoms with Gasteiger partial charge in [-0.3, -0.25) is 4.79 Å². The predicted octanol–water partition coefficient (Wildman–Crippen LogP) is 3.49. The van der Waals surface area contributed by atoms with Gasteiger partial charge in [-0.1, -0.05) is 41.4 Å². The Hall–Kier alpha value is -2.00. The number of amides is 1. The lowest BCUT2D eigenvalue weighted by Crippen LogP contribution is -2.46. The Labute approximate surface area is 197 Å². The number of hydrogen-bond acceptors (Lipinski definition) is 5. The topological polar surface area (TPSA) is 84.9 Å². The lowest BCUT2D eigenvalue weighted by Gasteiger charge is -2.31. The van der Waals surface area contributed by atoms with E-state index in [1.54, 1.807) is 12.1 Å². The third kappa shape index (κ3) is 5.49. The summed E-state index contributed by atoms with van der Waals surface area (Å²) in [5.74, 6) is 0.837. The highest BCUT2D eigenvalue weighted by Crippen LogP contribution is 2.31. The van der Waals surface area contributed by atoms with E-state index in [1.165, 1.54) is 10.4 Å². The number of hydrogen-bond donors (Lipinski definition) is 1. The molecule has 1 saturated heterocycles. The second-order valence-electron chi connectivity index (χ2n) is 7.91. The molecule has 2 heterocycles. The van der Waals surface area contributed by atoms with Crippen LogP contribution in [-0.4, -0.2) is 51.0 Å². The summed E-state index contributed by atoms with van der Waals surface area (Å²) in [4.78, 5) is 12.6. The number of rotatable bonds is 6. The van der Waals surface area contributed by atoms with Gasteiger partial charge in [0.2, 0.25) is 15.9 Å². The Morgan fingerprint density at radius 1 is 1.09 bits per heavy atom. The fraction of sp³-hybridized carbons (Fsp3) is 0.409. The highest BCUT2D eigenvalue weighted by Gasteiger charge is 2.32. The summed E-state index contributed by atoms with van der Waals surface area (Å²) >= 11 is 12.0. The summed E-state index contributed by atoms with van der Waals surface area (Å²) in [6.07, 6.45) is 0.660. The summed E-state index contributed by atoms with van der Waals surface area (Å²) in [7, 11) is -3.54. The van der Waals surface area contributed by atoms with Crippen LogP contribution in [0.5, 0.6) is 11.5 Å². The highest BCUT2D eigenvalue weighted by atomic mass is 35.5. The van der Waals surface area contributed by atoms with Crippen LogP contribution >= 0.6 is 23.2 Å². The molecule has 0 spiro atoms. The van der Waals surface area contributed by atoms with E-state index in [0.29, 0.717) is 66.2 Å². The van der Waals surface area contributed by atoms with Crippen molar-refractivity contribution in [1.29, 1.82) is 0 Å². The van der Waals surface area contributed by atoms with E-state index in [0.717, 1.165) is 0 Å². The fourth-order valence-corrected chi connectivity index (χ4v) is 5.99. The van der Waals surface area contributed by atoms with Gasteiger partial charge < -0.3 is 14.8 Å². The molecule has 0 radical (unpaired) electrons. The standard InChI is InChI=1S/C22H24Cl2N2O5S/c23-17-6-5-16(19(24)11-17)14-32(28,29)26-9-7-15(8-10-26)22(27)25-12-18-13-30-20-3-1-2-4-21(20)31-18/h1-6,11,15,18H,7-10,12-14H2,(H,25,27)/t18-/m0/s1. The first-order valence-electron chi connectivity index (χ1n) is 10.4. The van der Waals surface area contributed by atoms with Crippen molar-refractivity contribution >= 4 is 39.1 Å². The van der Waals surface area contributed by atoms with E-state index in [4.69, 9.17) is 32.7 Å². The molecule has 10 heteroatoms. The first-order chi connectivity index (χ1) is 15.3. The molecular weight excluding hydrogens is 475 g/mol. The molecule has 1 N–H and O–H groups in total. The summed E-state index contributed by atoms with van der Waals surface area (Å²) in [6, 6.07) is 12.2. The Kier molecular flexibility index (Phi) is 7.14. The number of para-hydroxylation sites is 2. The van der Waals surface area contributed by atoms with Gasteiger partial charge in [0.15, 0.2) is 11.5 Å². The summed E-state index contributed by atoms with van der Waals surface area (Å²) in [5, 5.41) is 3.70. The largest absolute Gasteiger partial charge is 0.486 e. The van der Waals surface area contributed by atoms with E-state index in [-0.39, 0.29) is 23.7 Å². The molecule has 2 aromatic rings. The Morgan fingerprint density at radius 2 is 1.81 bits per heavy atom. The van der Waals surface area contributed by atoms with Crippen LogP contribution < -0.4 is 14.8 Å². The van der Waals surface area contributed by atoms with Crippen LogP contribution in [0.3, 0.4) is 0 Å². The van der Waals surface area contributed by atoms with Gasteiger partial charge in [0.1, 0.15) is 12.7 Å². The van der Waals surface area contributed by atoms with Gasteiger partial charge in [0, 0.05) is 29.1 Å². The molecule has 1 amide bonds. The van der Waals surface area contributed by atoms with Gasteiger partial charge in [0.25, 0.3) is 0 Å². The number of fused-ring (bicyclic) bond motifs is 1. The van der Waals surface area contributed by atoms with Crippen molar-refractivity contribution in [2.24, 2.45) is 5.92 Å². The molecule has 1 fully saturated rings. The molecule has 2 aliphatic heterocycles. The summed E-state index contributed by atoms with van der Waals surface area (Å²) < 4.78 is 38.6. The average molecular weight is 499 g/mol. The highest BCUT2D eigenvalue weighted by molar-refractivity contribution is 7.88. The van der Waals surface area contributed by atoms with E-state index in [2.05, 4.69) is 5.32 Å². The van der Waals surface area contributed by atoms with Crippen molar-refractivity contribution in [3.8, 4) is 11.5 Å². The van der Waals surface area contributed by atoms with Crippen molar-refractivity contribution in [1.82, 2.24) is 9.62 Å². The summed E-state index contributed by atoms with van der Waals surface area (Å²) in [6.45, 7) is 1.28. The van der Waals surface area contributed by atoms with Gasteiger partial charge in [-0.25, -0.2) is 12.7 Å². The van der Waals surface area contributed by atoms with Crippen LogP contribution in [0.25, 0.3) is 0 Å². The number of carbonyl (C=O) groups is 1. The maximum atomic E-state index is 12.8. The lowest BCUT2D eigenvalue weighted by molar-refractivity contribution is -0.126. The van der Waals surface area contributed by atoms with Gasteiger partial charge in [-0.2, -0.15) is 0 Å². The van der Waals surface area contributed by atoms with Crippen molar-refractivity contribution in [2.45, 2.75) is 24.7 Å². The van der Waals surface area contributed by atoms with Crippen LogP contribution in [0.4, 0.5) is 0 Å². The van der Waals surface area contributed by atoms with Gasteiger partial charge in [-0.05, 0) is 42.7 Å². The second kappa shape index (κ2) is 9.87. The second-order valence-corrected chi connectivity index (χ2v) is 10.7. The molecule has 0 aliphatic carbocycles. The number of halogens is 2. The molecule has 2 aromatic carbocycles. The molecule has 172 valence electrons. The number of nitrogens with zero attached hydrogens (tertiary/aromatic N) is 1. The van der Waals surface area contributed by atoms with Crippen LogP contribution in [-0.2, 0) is 20.6 Å². The molecule has 0 aromatic heterocycles. The maximum absolute atomic E-state index is 12.8. The van der Waals surface area contributed by atoms with Crippen LogP contribution in [0.15, 0.2) is 42.5 Å². The zero-order chi connectivity index (χ0) is 22.7. The van der Waals surface area contributed by atoms with Crippen LogP contribution in [0, 0.1) is 5.92 Å². The molecule has 0 bridgehead atoms. The van der Waals surface area contributed by atoms with E-state index in [1.807, 2.05) is 24.3 Å². The molecule has 7 nitrogen and oxygen atoms in total. The lowest BCUT2D eigenvalue weighted by atomic mass is 9.97. The van der Waals surface area contributed by atoms with E-state index >= 15 is 0 Å². The number of carbonyl (C=O) groups excluding carboxylic acids is 1. The molecule has 4 rings (SSSR count). The van der Waals surface area contributed by atoms with Crippen molar-refractivity contribution in [2.75, 3.05) is 26.2 Å². The zero-order valence-corrected chi connectivity index (χ0v) is 19.6. The minimum absolute atomic E-state index is 0.0924. The maximum Gasteiger partial charge on any atom is 0.223 e. The molecule has 0 unspecified atom stereocenters. The fourth-order valence-electron chi connectivity index (χ4n) is 3.85. The number of benzene rings is 2. The first kappa shape index (κ1) is 23.2. The molecule has 2 aliphatic rings. The number of piperidine rings is 1. The van der Waals surface area contributed by atoms with Gasteiger partial charge in [0.05, 0.1) is 12.3 Å². The third-order valence-electron chi connectivity index (χ3n) is 5.64. The Morgan fingerprint density at radius 3 is 2.53 bits per heavy atom. The molecule has 1 atom stereocenters. The van der Waals surface area contributed by atoms with Gasteiger partial charge >= 0.3 is 0 Å². The van der Waals surface area contributed by atoms with E-state index in [9.17, 15) is 13.2 Å². The predicted molar refractivity (Wildman–Crippen MR) is 123 cm³/mol. The smallest absolute Gasteiger partial charge is 0.223 e. The Balaban J connectivity index is 1.25. The number of ether oxygens (including phenoxy) is 2. The van der Waals surface area contributed by atoms with Crippen LogP contribution in [0.2, 0.25) is 10.0 Å². The number of nitrogens with one attached hydrogen (secondary N) is 1. The molecule has 0 saturated carbocycles. The number of sulfonamides is 1. The SMILES string of the molecule is O=C(NC[C@H]1COc2ccccc2O1)C1CCN(S(=O)(=O)Cc2ccc(Cl)cc2Cl)CC1. The Bertz CT molecular complexity index is 1090. The van der Waals surface area contributed by atoms with Crippen molar-refractivity contribution in [3.63, 3.8) is 0 Å². The van der Waals surface area contributed by atoms with Crippen LogP contribution in [0.1, 0.15) is 18.4 Å². The minimum atomic E-state index is -3.54. The molecule has 32 heavy (non-hydrogen) atoms. The monoisotopic (exact) mass is 498 g/mol. The zero-order valence-electron chi connectivity index (χ0n) is 17.3. The summed E-state index contributed by atoms with van der Waals surface area (Å²) in [5.41, 5.74) is 0.507. The van der Waals surface area contributed by atoms with Crippen molar-refractivity contribution in [3.05, 3.63) is 58.1 Å². The minimum Gasteiger partial charge on any atom is -0.486 e. The third-order valence-corrected chi connectivity index (χ3v) is 8.06. The quantitative estimate of drug-likeness (QED) is 0.658. The average Bonchev–Trinajstić information content (AvgIpc) is 2.79. The van der Waals surface area contributed by atoms with E-state index < -0.39 is 10.0 Å². The normalized spacial score (nSPS) is 19.5. The first-order valence-corrected chi connectivity index (χ1v) is 12.8.